The monoisotopic (exact) mass is 1070 g/mol. The number of β-amino-alcohol motifs (C(OH)–C–C–N with tert-alkyl or cyclic N) is 1. The second-order valence-electron chi connectivity index (χ2n) is 19.5. The lowest BCUT2D eigenvalue weighted by atomic mass is 9.77. The maximum Gasteiger partial charge on any atom is 0.475 e. The van der Waals surface area contributed by atoms with E-state index in [0.717, 1.165) is 4.90 Å². The van der Waals surface area contributed by atoms with Crippen molar-refractivity contribution in [2.24, 2.45) is 16.5 Å². The second-order valence-corrected chi connectivity index (χ2v) is 19.5. The van der Waals surface area contributed by atoms with Gasteiger partial charge in [-0.3, -0.25) is 67.8 Å². The van der Waals surface area contributed by atoms with Gasteiger partial charge in [-0.2, -0.15) is 0 Å². The average molecular weight is 1070 g/mol. The molecule has 2 aromatic carbocycles. The number of nitrogens with zero attached hydrogens (tertiary/aromatic N) is 9. The number of rotatable bonds is 22. The highest BCUT2D eigenvalue weighted by Crippen LogP contribution is 2.24. The summed E-state index contributed by atoms with van der Waals surface area (Å²) in [5.74, 6) is -5.63. The summed E-state index contributed by atoms with van der Waals surface area (Å²) >= 11 is 0. The van der Waals surface area contributed by atoms with Crippen molar-refractivity contribution < 1.29 is 63.7 Å². The zero-order valence-corrected chi connectivity index (χ0v) is 43.4. The molecule has 0 radical (unpaired) electrons. The Labute approximate surface area is 441 Å². The molecule has 0 aromatic heterocycles. The fraction of sp³-hybridized carbons (Fsp3) is 0.604. The lowest BCUT2D eigenvalue weighted by molar-refractivity contribution is -0.139. The molecule has 3 fully saturated rings. The van der Waals surface area contributed by atoms with Crippen LogP contribution in [0.1, 0.15) is 40.0 Å². The Bertz CT molecular complexity index is 2340. The van der Waals surface area contributed by atoms with Crippen LogP contribution in [0.3, 0.4) is 0 Å². The van der Waals surface area contributed by atoms with Crippen LogP contribution >= 0.6 is 0 Å². The maximum atomic E-state index is 14.2. The number of aliphatic carboxylic acids is 2. The molecule has 5 rings (SSSR count). The van der Waals surface area contributed by atoms with Crippen LogP contribution in [-0.2, 0) is 28.8 Å². The Hall–Kier alpha value is -6.53. The van der Waals surface area contributed by atoms with Crippen molar-refractivity contribution in [3.05, 3.63) is 47.5 Å². The van der Waals surface area contributed by atoms with E-state index in [2.05, 4.69) is 25.8 Å². The number of carboxylic acid groups (broad SMARTS) is 2. The van der Waals surface area contributed by atoms with Crippen molar-refractivity contribution in [1.29, 1.82) is 0 Å². The number of piperazine rings is 1. The number of amides is 6. The molecule has 3 aliphatic rings. The summed E-state index contributed by atoms with van der Waals surface area (Å²) in [4.78, 5) is 121. The first kappa shape index (κ1) is 60.3. The largest absolute Gasteiger partial charge is 0.480 e. The third-order valence-electron chi connectivity index (χ3n) is 13.6. The number of carboxylic acids is 2. The molecular formula is C48H75BN14O13. The van der Waals surface area contributed by atoms with Crippen LogP contribution in [0, 0.1) is 0 Å². The molecule has 27 nitrogen and oxygen atoms in total. The number of fused-ring (bicyclic) bond motifs is 1. The maximum absolute atomic E-state index is 14.2. The van der Waals surface area contributed by atoms with E-state index in [0.29, 0.717) is 81.1 Å². The molecule has 0 aliphatic carbocycles. The average Bonchev–Trinajstić information content (AvgIpc) is 3.78. The summed E-state index contributed by atoms with van der Waals surface area (Å²) in [7, 11) is 1.66. The third kappa shape index (κ3) is 18.9. The zero-order valence-electron chi connectivity index (χ0n) is 43.4. The number of aliphatic imine (C=N–C) groups is 1. The summed E-state index contributed by atoms with van der Waals surface area (Å²) in [5, 5.41) is 58.0. The number of guanidine groups is 1. The highest BCUT2D eigenvalue weighted by molar-refractivity contribution is 6.43. The van der Waals surface area contributed by atoms with Crippen LogP contribution in [0.4, 0.5) is 0 Å². The number of aliphatic hydroxyl groups excluding tert-OH is 1. The van der Waals surface area contributed by atoms with E-state index >= 15 is 0 Å². The predicted octanol–water partition coefficient (Wildman–Crippen LogP) is -5.57. The number of likely N-dealkylation sites (tertiary alicyclic amines) is 1. The molecule has 3 heterocycles. The molecule has 28 heteroatoms. The van der Waals surface area contributed by atoms with E-state index in [-0.39, 0.29) is 109 Å². The van der Waals surface area contributed by atoms with Crippen LogP contribution in [0.15, 0.2) is 41.4 Å². The van der Waals surface area contributed by atoms with Gasteiger partial charge in [-0.05, 0) is 42.2 Å². The number of hydrogen-bond donors (Lipinski definition) is 10. The van der Waals surface area contributed by atoms with Crippen LogP contribution in [0.2, 0.25) is 0 Å². The van der Waals surface area contributed by atoms with E-state index < -0.39 is 67.3 Å². The quantitative estimate of drug-likeness (QED) is 0.0227. The van der Waals surface area contributed by atoms with Crippen LogP contribution < -0.4 is 27.4 Å². The highest BCUT2D eigenvalue weighted by Gasteiger charge is 2.41. The number of carbonyl (C=O) groups excluding carboxylic acids is 6. The highest BCUT2D eigenvalue weighted by atomic mass is 16.4. The Morgan fingerprint density at radius 2 is 1.21 bits per heavy atom. The summed E-state index contributed by atoms with van der Waals surface area (Å²) in [6.45, 7) is 3.47. The molecule has 76 heavy (non-hydrogen) atoms. The van der Waals surface area contributed by atoms with Crippen molar-refractivity contribution in [1.82, 2.24) is 55.1 Å². The van der Waals surface area contributed by atoms with Crippen LogP contribution in [-0.4, -0.2) is 295 Å². The van der Waals surface area contributed by atoms with Gasteiger partial charge in [0.1, 0.15) is 6.04 Å². The van der Waals surface area contributed by atoms with Crippen molar-refractivity contribution in [3.8, 4) is 0 Å². The smallest absolute Gasteiger partial charge is 0.475 e. The van der Waals surface area contributed by atoms with Gasteiger partial charge in [0.05, 0.1) is 44.8 Å². The summed E-state index contributed by atoms with van der Waals surface area (Å²) in [5.41, 5.74) is 12.0. The molecule has 3 aliphatic heterocycles. The van der Waals surface area contributed by atoms with Crippen molar-refractivity contribution >= 4 is 71.2 Å². The minimum atomic E-state index is -1.85. The van der Waals surface area contributed by atoms with E-state index in [1.54, 1.807) is 67.8 Å². The number of aliphatic hydroxyl groups is 1. The Morgan fingerprint density at radius 1 is 0.711 bits per heavy atom. The summed E-state index contributed by atoms with van der Waals surface area (Å²) in [6.07, 6.45) is -0.252. The number of benzene rings is 2. The van der Waals surface area contributed by atoms with Crippen molar-refractivity contribution in [3.63, 3.8) is 0 Å². The molecule has 3 atom stereocenters. The van der Waals surface area contributed by atoms with Gasteiger partial charge < -0.3 is 67.5 Å². The minimum Gasteiger partial charge on any atom is -0.480 e. The standard InChI is InChI=1S/C48H75BN14O13/c1-56(2)48(51)53-11-5-8-38(55-41(66)30-59-16-20-60(31-43(68)69)18-14-58(29-40(50)65)15-19-61(21-17-59)32-44(70)71)47(74)62-24-22-57(23-25-62)13-12-52-45(72)36-9-10-37(35-7-4-3-6-34(35)36)46(73)54-27-42(67)63-28-33(64)26-39(63)49(75)76/h3-4,6-7,9-10,33,38-39,64,75-76H,5,8,11-32H2,1-2H3,(H2,50,65)(H2,51,53)(H,52,72)(H,54,73)(H,55,66)(H,68,69)(H,70,71). The lowest BCUT2D eigenvalue weighted by Crippen LogP contribution is -2.56. The Morgan fingerprint density at radius 3 is 1.71 bits per heavy atom. The minimum absolute atomic E-state index is 0.00564. The van der Waals surface area contributed by atoms with Crippen LogP contribution in [0.5, 0.6) is 0 Å². The molecule has 0 bridgehead atoms. The van der Waals surface area contributed by atoms with Crippen LogP contribution in [0.25, 0.3) is 10.8 Å². The number of nitrogens with one attached hydrogen (secondary N) is 3. The first-order chi connectivity index (χ1) is 36.2. The normalized spacial score (nSPS) is 19.5. The molecule has 418 valence electrons. The first-order valence-electron chi connectivity index (χ1n) is 25.5. The van der Waals surface area contributed by atoms with Gasteiger partial charge in [0.2, 0.25) is 23.6 Å². The molecule has 0 saturated carbocycles. The third-order valence-corrected chi connectivity index (χ3v) is 13.6. The zero-order chi connectivity index (χ0) is 55.5. The molecule has 3 unspecified atom stereocenters. The van der Waals surface area contributed by atoms with E-state index in [1.807, 2.05) is 0 Å². The summed E-state index contributed by atoms with van der Waals surface area (Å²) < 4.78 is 0. The van der Waals surface area contributed by atoms with E-state index in [9.17, 15) is 63.7 Å². The lowest BCUT2D eigenvalue weighted by Gasteiger charge is -2.37. The number of nitrogens with two attached hydrogens (primary N) is 2. The van der Waals surface area contributed by atoms with Crippen molar-refractivity contribution in [2.45, 2.75) is 37.3 Å². The fourth-order valence-corrected chi connectivity index (χ4v) is 9.44. The first-order valence-corrected chi connectivity index (χ1v) is 25.5. The van der Waals surface area contributed by atoms with Crippen molar-refractivity contribution in [2.75, 3.05) is 152 Å². The van der Waals surface area contributed by atoms with Gasteiger partial charge in [0.25, 0.3) is 11.8 Å². The number of carbonyl (C=O) groups is 8. The van der Waals surface area contributed by atoms with Gasteiger partial charge >= 0.3 is 19.1 Å². The van der Waals surface area contributed by atoms with E-state index in [1.165, 1.54) is 12.1 Å². The molecule has 6 amide bonds. The number of primary amides is 1. The SMILES string of the molecule is CN(C)C(N)=NCCCC(NC(=O)CN1CCN(CC(=O)O)CCN(CC(N)=O)CCN(CC(=O)O)CC1)C(=O)N1CCN(CCNC(=O)c2ccc(C(=O)NCC(=O)N3CC(O)CC3B(O)O)c3ccccc23)CC1. The van der Waals surface area contributed by atoms with E-state index in [4.69, 9.17) is 11.5 Å². The second kappa shape index (κ2) is 29.7. The van der Waals surface area contributed by atoms with Gasteiger partial charge in [-0.15, -0.1) is 0 Å². The predicted molar refractivity (Wildman–Crippen MR) is 280 cm³/mol. The fourth-order valence-electron chi connectivity index (χ4n) is 9.44. The van der Waals surface area contributed by atoms with Gasteiger partial charge in [-0.1, -0.05) is 24.3 Å². The summed E-state index contributed by atoms with van der Waals surface area (Å²) in [6, 6.07) is 8.96. The molecule has 12 N–H and O–H groups in total. The topological polar surface area (TPSA) is 364 Å². The number of hydrogen-bond acceptors (Lipinski definition) is 17. The van der Waals surface area contributed by atoms with Gasteiger partial charge in [0.15, 0.2) is 5.96 Å². The molecular weight excluding hydrogens is 991 g/mol. The molecule has 0 spiro atoms. The molecule has 3 saturated heterocycles. The molecule has 2 aromatic rings. The van der Waals surface area contributed by atoms with Gasteiger partial charge in [-0.25, -0.2) is 0 Å². The Balaban J connectivity index is 1.17. The van der Waals surface area contributed by atoms with Gasteiger partial charge in [0, 0.05) is 130 Å². The Kier molecular flexibility index (Phi) is 23.6.